The zero-order chi connectivity index (χ0) is 17.9. The molecule has 3 aromatic heterocycles. The molecule has 0 radical (unpaired) electrons. The highest BCUT2D eigenvalue weighted by Crippen LogP contribution is 2.26. The zero-order valence-corrected chi connectivity index (χ0v) is 16.6. The van der Waals surface area contributed by atoms with Crippen LogP contribution in [0.4, 0.5) is 5.82 Å². The van der Waals surface area contributed by atoms with Gasteiger partial charge < -0.3 is 5.32 Å². The number of amides is 1. The van der Waals surface area contributed by atoms with Gasteiger partial charge in [-0.05, 0) is 23.1 Å². The van der Waals surface area contributed by atoms with Crippen molar-refractivity contribution in [2.24, 2.45) is 0 Å². The third kappa shape index (κ3) is 3.62. The molecule has 0 bridgehead atoms. The second-order valence-electron chi connectivity index (χ2n) is 5.47. The molecular formula is C18H13BrN4OS2. The molecule has 8 heteroatoms. The van der Waals surface area contributed by atoms with Crippen LogP contribution >= 0.6 is 38.6 Å². The Morgan fingerprint density at radius 3 is 2.88 bits per heavy atom. The number of carbonyl (C=O) groups excluding carboxylic acids is 1. The van der Waals surface area contributed by atoms with E-state index >= 15 is 0 Å². The van der Waals surface area contributed by atoms with Crippen molar-refractivity contribution in [3.63, 3.8) is 0 Å². The van der Waals surface area contributed by atoms with Crippen LogP contribution < -0.4 is 5.32 Å². The number of halogens is 1. The van der Waals surface area contributed by atoms with Gasteiger partial charge in [0.05, 0.1) is 12.7 Å². The van der Waals surface area contributed by atoms with Crippen LogP contribution in [0.25, 0.3) is 10.6 Å². The third-order valence-corrected chi connectivity index (χ3v) is 6.09. The molecule has 0 fully saturated rings. The maximum Gasteiger partial charge on any atom is 0.276 e. The van der Waals surface area contributed by atoms with E-state index < -0.39 is 0 Å². The molecule has 26 heavy (non-hydrogen) atoms. The maximum absolute atomic E-state index is 12.6. The number of thiophene rings is 1. The monoisotopic (exact) mass is 444 g/mol. The van der Waals surface area contributed by atoms with E-state index in [9.17, 15) is 4.79 Å². The lowest BCUT2D eigenvalue weighted by Crippen LogP contribution is -2.16. The average Bonchev–Trinajstić information content (AvgIpc) is 3.38. The van der Waals surface area contributed by atoms with Crippen LogP contribution in [-0.4, -0.2) is 20.7 Å². The SMILES string of the molecule is O=C(Nc1ccnn1Cc1ccccc1Br)c1csc(-c2ccsc2)n1. The molecule has 0 aliphatic heterocycles. The number of anilines is 1. The van der Waals surface area contributed by atoms with Gasteiger partial charge in [0.1, 0.15) is 16.5 Å². The van der Waals surface area contributed by atoms with Crippen LogP contribution in [0.15, 0.2) is 63.2 Å². The quantitative estimate of drug-likeness (QED) is 0.463. The van der Waals surface area contributed by atoms with E-state index in [0.29, 0.717) is 18.1 Å². The van der Waals surface area contributed by atoms with Gasteiger partial charge in [0.15, 0.2) is 0 Å². The summed E-state index contributed by atoms with van der Waals surface area (Å²) in [4.78, 5) is 17.0. The van der Waals surface area contributed by atoms with Gasteiger partial charge in [-0.3, -0.25) is 4.79 Å². The molecule has 0 saturated carbocycles. The summed E-state index contributed by atoms with van der Waals surface area (Å²) in [5, 5.41) is 13.8. The van der Waals surface area contributed by atoms with Gasteiger partial charge in [0.25, 0.3) is 5.91 Å². The summed E-state index contributed by atoms with van der Waals surface area (Å²) in [6, 6.07) is 11.7. The van der Waals surface area contributed by atoms with E-state index in [-0.39, 0.29) is 5.91 Å². The van der Waals surface area contributed by atoms with Crippen LogP contribution in [0.5, 0.6) is 0 Å². The highest BCUT2D eigenvalue weighted by atomic mass is 79.9. The number of nitrogens with zero attached hydrogens (tertiary/aromatic N) is 3. The summed E-state index contributed by atoms with van der Waals surface area (Å²) < 4.78 is 2.76. The van der Waals surface area contributed by atoms with Gasteiger partial charge in [-0.2, -0.15) is 16.4 Å². The average molecular weight is 445 g/mol. The van der Waals surface area contributed by atoms with E-state index in [0.717, 1.165) is 20.6 Å². The Kier molecular flexibility index (Phi) is 4.96. The Hall–Kier alpha value is -2.29. The van der Waals surface area contributed by atoms with Gasteiger partial charge >= 0.3 is 0 Å². The molecule has 1 amide bonds. The Balaban J connectivity index is 1.51. The zero-order valence-electron chi connectivity index (χ0n) is 13.4. The highest BCUT2D eigenvalue weighted by molar-refractivity contribution is 9.10. The van der Waals surface area contributed by atoms with Crippen molar-refractivity contribution in [3.8, 4) is 10.6 Å². The minimum Gasteiger partial charge on any atom is -0.305 e. The molecule has 0 atom stereocenters. The molecule has 0 saturated heterocycles. The van der Waals surface area contributed by atoms with Crippen molar-refractivity contribution >= 4 is 50.3 Å². The standard InChI is InChI=1S/C18H13BrN4OS2/c19-14-4-2-1-3-12(14)9-23-16(5-7-20-23)22-17(24)15-11-26-18(21-15)13-6-8-25-10-13/h1-8,10-11H,9H2,(H,22,24). The smallest absolute Gasteiger partial charge is 0.276 e. The Morgan fingerprint density at radius 1 is 1.19 bits per heavy atom. The van der Waals surface area contributed by atoms with Crippen molar-refractivity contribution in [2.75, 3.05) is 5.32 Å². The van der Waals surface area contributed by atoms with Crippen molar-refractivity contribution in [1.82, 2.24) is 14.8 Å². The van der Waals surface area contributed by atoms with Gasteiger partial charge in [-0.1, -0.05) is 34.1 Å². The molecule has 4 rings (SSSR count). The summed E-state index contributed by atoms with van der Waals surface area (Å²) >= 11 is 6.61. The first kappa shape index (κ1) is 17.1. The topological polar surface area (TPSA) is 59.8 Å². The molecule has 0 spiro atoms. The highest BCUT2D eigenvalue weighted by Gasteiger charge is 2.15. The van der Waals surface area contributed by atoms with E-state index in [1.54, 1.807) is 33.7 Å². The van der Waals surface area contributed by atoms with Crippen molar-refractivity contribution in [2.45, 2.75) is 6.54 Å². The number of benzene rings is 1. The van der Waals surface area contributed by atoms with Gasteiger partial charge in [0, 0.05) is 26.9 Å². The maximum atomic E-state index is 12.6. The summed E-state index contributed by atoms with van der Waals surface area (Å²) in [6.45, 7) is 0.557. The van der Waals surface area contributed by atoms with Crippen molar-refractivity contribution in [1.29, 1.82) is 0 Å². The second kappa shape index (κ2) is 7.53. The van der Waals surface area contributed by atoms with Gasteiger partial charge in [0.2, 0.25) is 0 Å². The van der Waals surface area contributed by atoms with Crippen LogP contribution in [-0.2, 0) is 6.54 Å². The molecule has 1 N–H and O–H groups in total. The Morgan fingerprint density at radius 2 is 2.08 bits per heavy atom. The lowest BCUT2D eigenvalue weighted by Gasteiger charge is -2.09. The second-order valence-corrected chi connectivity index (χ2v) is 7.96. The Labute approximate surface area is 166 Å². The summed E-state index contributed by atoms with van der Waals surface area (Å²) in [5.41, 5.74) is 2.53. The molecule has 0 aliphatic rings. The normalized spacial score (nSPS) is 10.8. The fraction of sp³-hybridized carbons (Fsp3) is 0.0556. The number of rotatable bonds is 5. The molecular weight excluding hydrogens is 432 g/mol. The van der Waals surface area contributed by atoms with Crippen LogP contribution in [0.1, 0.15) is 16.1 Å². The van der Waals surface area contributed by atoms with E-state index in [1.807, 2.05) is 41.1 Å². The van der Waals surface area contributed by atoms with E-state index in [2.05, 4.69) is 31.3 Å². The van der Waals surface area contributed by atoms with Crippen LogP contribution in [0.2, 0.25) is 0 Å². The number of hydrogen-bond donors (Lipinski definition) is 1. The van der Waals surface area contributed by atoms with Gasteiger partial charge in [-0.15, -0.1) is 11.3 Å². The van der Waals surface area contributed by atoms with Crippen LogP contribution in [0.3, 0.4) is 0 Å². The third-order valence-electron chi connectivity index (χ3n) is 3.74. The summed E-state index contributed by atoms with van der Waals surface area (Å²) in [7, 11) is 0. The molecule has 1 aromatic carbocycles. The molecule has 130 valence electrons. The first-order valence-electron chi connectivity index (χ1n) is 7.75. The number of nitrogens with one attached hydrogen (secondary N) is 1. The molecule has 0 unspecified atom stereocenters. The van der Waals surface area contributed by atoms with E-state index in [1.165, 1.54) is 11.3 Å². The van der Waals surface area contributed by atoms with Crippen molar-refractivity contribution in [3.05, 3.63) is 74.5 Å². The molecule has 0 aliphatic carbocycles. The first-order valence-corrected chi connectivity index (χ1v) is 10.4. The molecule has 5 nitrogen and oxygen atoms in total. The van der Waals surface area contributed by atoms with Crippen LogP contribution in [0, 0.1) is 0 Å². The number of aromatic nitrogens is 3. The number of thiazole rings is 1. The summed E-state index contributed by atoms with van der Waals surface area (Å²) in [6.07, 6.45) is 1.67. The number of carbonyl (C=O) groups is 1. The summed E-state index contributed by atoms with van der Waals surface area (Å²) in [5.74, 6) is 0.396. The van der Waals surface area contributed by atoms with Crippen molar-refractivity contribution < 1.29 is 4.79 Å². The predicted octanol–water partition coefficient (Wildman–Crippen LogP) is 5.13. The minimum absolute atomic E-state index is 0.239. The molecule has 3 heterocycles. The van der Waals surface area contributed by atoms with E-state index in [4.69, 9.17) is 0 Å². The molecule has 4 aromatic rings. The fourth-order valence-electron chi connectivity index (χ4n) is 2.43. The van der Waals surface area contributed by atoms with Gasteiger partial charge in [-0.25, -0.2) is 9.67 Å². The lowest BCUT2D eigenvalue weighted by atomic mass is 10.2. The predicted molar refractivity (Wildman–Crippen MR) is 109 cm³/mol. The number of hydrogen-bond acceptors (Lipinski definition) is 5. The Bertz CT molecular complexity index is 1040. The first-order chi connectivity index (χ1) is 12.7. The minimum atomic E-state index is -0.239. The largest absolute Gasteiger partial charge is 0.305 e. The fourth-order valence-corrected chi connectivity index (χ4v) is 4.35. The lowest BCUT2D eigenvalue weighted by molar-refractivity contribution is 0.102.